The molecule has 20 heavy (non-hydrogen) atoms. The molecule has 2 aromatic carbocycles. The first kappa shape index (κ1) is 14.9. The van der Waals surface area contributed by atoms with Crippen molar-refractivity contribution in [3.63, 3.8) is 0 Å². The van der Waals surface area contributed by atoms with Crippen LogP contribution in [-0.4, -0.2) is 13.7 Å². The molecular formula is C16H18ClNO2. The van der Waals surface area contributed by atoms with Crippen LogP contribution < -0.4 is 10.5 Å². The van der Waals surface area contributed by atoms with Gasteiger partial charge in [0.15, 0.2) is 0 Å². The van der Waals surface area contributed by atoms with Gasteiger partial charge in [-0.1, -0.05) is 35.9 Å². The predicted octanol–water partition coefficient (Wildman–Crippen LogP) is 3.57. The van der Waals surface area contributed by atoms with Crippen molar-refractivity contribution in [3.8, 4) is 5.75 Å². The average molecular weight is 292 g/mol. The van der Waals surface area contributed by atoms with E-state index in [0.717, 1.165) is 21.9 Å². The highest BCUT2D eigenvalue weighted by molar-refractivity contribution is 6.30. The lowest BCUT2D eigenvalue weighted by atomic mass is 10.1. The molecular weight excluding hydrogens is 274 g/mol. The van der Waals surface area contributed by atoms with Gasteiger partial charge in [-0.2, -0.15) is 0 Å². The molecule has 0 aliphatic carbocycles. The second-order valence-corrected chi connectivity index (χ2v) is 4.87. The van der Waals surface area contributed by atoms with E-state index >= 15 is 0 Å². The van der Waals surface area contributed by atoms with Gasteiger partial charge in [0.25, 0.3) is 0 Å². The van der Waals surface area contributed by atoms with Crippen LogP contribution in [0.4, 0.5) is 0 Å². The lowest BCUT2D eigenvalue weighted by Crippen LogP contribution is -2.15. The van der Waals surface area contributed by atoms with E-state index in [0.29, 0.717) is 13.2 Å². The van der Waals surface area contributed by atoms with Crippen LogP contribution in [-0.2, 0) is 11.3 Å². The lowest BCUT2D eigenvalue weighted by Gasteiger charge is -2.17. The van der Waals surface area contributed by atoms with E-state index < -0.39 is 0 Å². The van der Waals surface area contributed by atoms with Crippen molar-refractivity contribution >= 4 is 11.6 Å². The number of benzene rings is 2. The third kappa shape index (κ3) is 3.97. The molecule has 0 radical (unpaired) electrons. The van der Waals surface area contributed by atoms with E-state index in [-0.39, 0.29) is 6.10 Å². The molecule has 0 aromatic heterocycles. The van der Waals surface area contributed by atoms with Crippen LogP contribution in [0.15, 0.2) is 48.5 Å². The predicted molar refractivity (Wildman–Crippen MR) is 81.0 cm³/mol. The van der Waals surface area contributed by atoms with Crippen molar-refractivity contribution in [2.24, 2.45) is 5.73 Å². The molecule has 2 aromatic rings. The molecule has 2 N–H and O–H groups in total. The number of rotatable bonds is 6. The Morgan fingerprint density at radius 1 is 1.05 bits per heavy atom. The van der Waals surface area contributed by atoms with Crippen LogP contribution in [0.3, 0.4) is 0 Å². The molecule has 1 atom stereocenters. The normalized spacial score (nSPS) is 12.2. The molecule has 2 rings (SSSR count). The second-order valence-electron chi connectivity index (χ2n) is 4.43. The average Bonchev–Trinajstić information content (AvgIpc) is 2.50. The summed E-state index contributed by atoms with van der Waals surface area (Å²) in [6.45, 7) is 0.935. The lowest BCUT2D eigenvalue weighted by molar-refractivity contribution is 0.0456. The summed E-state index contributed by atoms with van der Waals surface area (Å²) in [5.74, 6) is 0.822. The Labute approximate surface area is 124 Å². The molecule has 0 heterocycles. The summed E-state index contributed by atoms with van der Waals surface area (Å²) in [6.07, 6.45) is -0.128. The van der Waals surface area contributed by atoms with Gasteiger partial charge in [0, 0.05) is 11.6 Å². The summed E-state index contributed by atoms with van der Waals surface area (Å²) >= 11 is 5.85. The Bertz CT molecular complexity index is 525. The van der Waals surface area contributed by atoms with E-state index in [1.54, 1.807) is 7.11 Å². The molecule has 106 valence electrons. The number of nitrogens with two attached hydrogens (primary N) is 1. The van der Waals surface area contributed by atoms with Gasteiger partial charge in [0.2, 0.25) is 0 Å². The van der Waals surface area contributed by atoms with Gasteiger partial charge in [-0.25, -0.2) is 0 Å². The van der Waals surface area contributed by atoms with Crippen LogP contribution in [0, 0.1) is 0 Å². The summed E-state index contributed by atoms with van der Waals surface area (Å²) in [7, 11) is 1.65. The van der Waals surface area contributed by atoms with Gasteiger partial charge in [0.1, 0.15) is 5.75 Å². The van der Waals surface area contributed by atoms with Crippen molar-refractivity contribution in [2.75, 3.05) is 13.7 Å². The molecule has 3 nitrogen and oxygen atoms in total. The number of hydrogen-bond donors (Lipinski definition) is 1. The Hall–Kier alpha value is -1.55. The molecule has 0 aliphatic rings. The first-order valence-electron chi connectivity index (χ1n) is 6.43. The number of methoxy groups -OCH3 is 1. The van der Waals surface area contributed by atoms with Crippen LogP contribution in [0.5, 0.6) is 5.75 Å². The van der Waals surface area contributed by atoms with E-state index in [2.05, 4.69) is 0 Å². The fourth-order valence-electron chi connectivity index (χ4n) is 1.90. The van der Waals surface area contributed by atoms with Crippen molar-refractivity contribution in [1.82, 2.24) is 0 Å². The number of ether oxygens (including phenoxy) is 2. The van der Waals surface area contributed by atoms with Crippen LogP contribution >= 0.6 is 11.6 Å². The largest absolute Gasteiger partial charge is 0.497 e. The highest BCUT2D eigenvalue weighted by Crippen LogP contribution is 2.21. The minimum Gasteiger partial charge on any atom is -0.497 e. The Balaban J connectivity index is 1.99. The molecule has 0 bridgehead atoms. The third-order valence-corrected chi connectivity index (χ3v) is 3.32. The van der Waals surface area contributed by atoms with Crippen molar-refractivity contribution in [3.05, 3.63) is 64.7 Å². The quantitative estimate of drug-likeness (QED) is 0.885. The Morgan fingerprint density at radius 3 is 2.25 bits per heavy atom. The second kappa shape index (κ2) is 7.29. The topological polar surface area (TPSA) is 44.5 Å². The zero-order valence-corrected chi connectivity index (χ0v) is 12.1. The van der Waals surface area contributed by atoms with E-state index in [1.165, 1.54) is 0 Å². The van der Waals surface area contributed by atoms with Crippen LogP contribution in [0.1, 0.15) is 17.2 Å². The highest BCUT2D eigenvalue weighted by atomic mass is 35.5. The molecule has 0 amide bonds. The van der Waals surface area contributed by atoms with Crippen molar-refractivity contribution in [2.45, 2.75) is 12.7 Å². The maximum absolute atomic E-state index is 5.87. The molecule has 1 unspecified atom stereocenters. The molecule has 4 heteroatoms. The summed E-state index contributed by atoms with van der Waals surface area (Å²) in [5, 5.41) is 0.722. The summed E-state index contributed by atoms with van der Waals surface area (Å²) in [5.41, 5.74) is 7.90. The number of hydrogen-bond acceptors (Lipinski definition) is 3. The maximum atomic E-state index is 5.87. The SMILES string of the molecule is COc1ccc(C(CN)OCc2ccc(Cl)cc2)cc1. The maximum Gasteiger partial charge on any atom is 0.118 e. The summed E-state index contributed by atoms with van der Waals surface area (Å²) in [4.78, 5) is 0. The monoisotopic (exact) mass is 291 g/mol. The first-order chi connectivity index (χ1) is 9.72. The smallest absolute Gasteiger partial charge is 0.118 e. The summed E-state index contributed by atoms with van der Waals surface area (Å²) < 4.78 is 11.0. The van der Waals surface area contributed by atoms with Crippen molar-refractivity contribution < 1.29 is 9.47 Å². The van der Waals surface area contributed by atoms with Crippen LogP contribution in [0.25, 0.3) is 0 Å². The van der Waals surface area contributed by atoms with Gasteiger partial charge >= 0.3 is 0 Å². The molecule has 0 spiro atoms. The molecule has 0 fully saturated rings. The van der Waals surface area contributed by atoms with Gasteiger partial charge < -0.3 is 15.2 Å². The van der Waals surface area contributed by atoms with Gasteiger partial charge in [-0.15, -0.1) is 0 Å². The minimum absolute atomic E-state index is 0.128. The van der Waals surface area contributed by atoms with Crippen molar-refractivity contribution in [1.29, 1.82) is 0 Å². The standard InChI is InChI=1S/C16H18ClNO2/c1-19-15-8-4-13(5-9-15)16(10-18)20-11-12-2-6-14(17)7-3-12/h2-9,16H,10-11,18H2,1H3. The Morgan fingerprint density at radius 2 is 1.70 bits per heavy atom. The van der Waals surface area contributed by atoms with E-state index in [4.69, 9.17) is 26.8 Å². The number of halogens is 1. The van der Waals surface area contributed by atoms with Crippen LogP contribution in [0.2, 0.25) is 5.02 Å². The van der Waals surface area contributed by atoms with E-state index in [9.17, 15) is 0 Å². The fourth-order valence-corrected chi connectivity index (χ4v) is 2.02. The zero-order chi connectivity index (χ0) is 14.4. The fraction of sp³-hybridized carbons (Fsp3) is 0.250. The van der Waals surface area contributed by atoms with E-state index in [1.807, 2.05) is 48.5 Å². The first-order valence-corrected chi connectivity index (χ1v) is 6.81. The van der Waals surface area contributed by atoms with Gasteiger partial charge in [-0.05, 0) is 35.4 Å². The third-order valence-electron chi connectivity index (χ3n) is 3.07. The summed E-state index contributed by atoms with van der Waals surface area (Å²) in [6, 6.07) is 15.4. The molecule has 0 saturated carbocycles. The minimum atomic E-state index is -0.128. The molecule has 0 saturated heterocycles. The highest BCUT2D eigenvalue weighted by Gasteiger charge is 2.10. The molecule has 0 aliphatic heterocycles. The van der Waals surface area contributed by atoms with Gasteiger partial charge in [-0.3, -0.25) is 0 Å². The van der Waals surface area contributed by atoms with Gasteiger partial charge in [0.05, 0.1) is 19.8 Å². The Kier molecular flexibility index (Phi) is 5.41. The zero-order valence-electron chi connectivity index (χ0n) is 11.4.